The Morgan fingerprint density at radius 3 is 2.73 bits per heavy atom. The molecule has 0 radical (unpaired) electrons. The van der Waals surface area contributed by atoms with Crippen molar-refractivity contribution < 1.29 is 4.79 Å². The molecule has 192 valence electrons. The summed E-state index contributed by atoms with van der Waals surface area (Å²) in [7, 11) is 0. The first-order valence-electron chi connectivity index (χ1n) is 13.5. The molecule has 1 unspecified atom stereocenters. The van der Waals surface area contributed by atoms with Gasteiger partial charge < -0.3 is 15.2 Å². The first-order chi connectivity index (χ1) is 18.1. The van der Waals surface area contributed by atoms with E-state index in [1.807, 2.05) is 31.2 Å². The molecule has 10 heteroatoms. The quantitative estimate of drug-likeness (QED) is 0.575. The molecule has 3 aromatic rings. The number of hydrogen-bond donors (Lipinski definition) is 1. The number of piperidine rings is 1. The second-order valence-electron chi connectivity index (χ2n) is 10.8. The van der Waals surface area contributed by atoms with Crippen molar-refractivity contribution in [2.75, 3.05) is 36.0 Å². The lowest BCUT2D eigenvalue weighted by molar-refractivity contribution is 0.0817. The van der Waals surface area contributed by atoms with E-state index in [0.29, 0.717) is 36.5 Å². The average Bonchev–Trinajstić information content (AvgIpc) is 3.49. The number of imidazole rings is 1. The van der Waals surface area contributed by atoms with Gasteiger partial charge in [0.05, 0.1) is 18.6 Å². The normalized spacial score (nSPS) is 21.8. The largest absolute Gasteiger partial charge is 0.341 e. The summed E-state index contributed by atoms with van der Waals surface area (Å²) in [4.78, 5) is 39.8. The summed E-state index contributed by atoms with van der Waals surface area (Å²) in [6, 6.07) is 8.13. The lowest BCUT2D eigenvalue weighted by Crippen LogP contribution is -2.50. The summed E-state index contributed by atoms with van der Waals surface area (Å²) < 4.78 is 2.19. The van der Waals surface area contributed by atoms with Gasteiger partial charge in [0.15, 0.2) is 11.5 Å². The highest BCUT2D eigenvalue weighted by atomic mass is 16.2. The predicted octanol–water partition coefficient (Wildman–Crippen LogP) is 2.69. The van der Waals surface area contributed by atoms with Crippen LogP contribution in [0.15, 0.2) is 29.3 Å². The van der Waals surface area contributed by atoms with Crippen molar-refractivity contribution in [1.29, 1.82) is 0 Å². The molecule has 4 aliphatic rings. The summed E-state index contributed by atoms with van der Waals surface area (Å²) >= 11 is 0. The van der Waals surface area contributed by atoms with Gasteiger partial charge in [-0.3, -0.25) is 19.6 Å². The molecular formula is C27H33N9O. The Bertz CT molecular complexity index is 1410. The number of rotatable bonds is 5. The van der Waals surface area contributed by atoms with Gasteiger partial charge in [0.1, 0.15) is 5.82 Å². The number of aromatic nitrogens is 4. The number of para-hydroxylation sites is 1. The standard InChI is InChI=1S/C27H33N9O/c1-17-20-9-2-3-10-21(20)31-22(30-17)16-36-25(37)23-24(34-13-11-29-26(34)36)32-27(33-12-5-8-19(28)15-33)35(23)14-18-6-4-7-18/h2-3,9-10,18-19H,4-8,11-16,28H2,1H3. The number of fused-ring (bicyclic) bond motifs is 4. The molecule has 2 fully saturated rings. The molecule has 1 atom stereocenters. The monoisotopic (exact) mass is 499 g/mol. The zero-order chi connectivity index (χ0) is 25.1. The molecule has 3 aliphatic heterocycles. The van der Waals surface area contributed by atoms with E-state index >= 15 is 0 Å². The van der Waals surface area contributed by atoms with E-state index in [-0.39, 0.29) is 18.5 Å². The van der Waals surface area contributed by atoms with Gasteiger partial charge in [-0.05, 0) is 44.6 Å². The smallest absolute Gasteiger partial charge is 0.281 e. The number of anilines is 2. The number of amides is 1. The van der Waals surface area contributed by atoms with Crippen molar-refractivity contribution in [3.8, 4) is 0 Å². The molecule has 1 saturated heterocycles. The number of nitrogens with zero attached hydrogens (tertiary/aromatic N) is 8. The van der Waals surface area contributed by atoms with Crippen LogP contribution in [-0.2, 0) is 13.1 Å². The van der Waals surface area contributed by atoms with Crippen molar-refractivity contribution in [3.63, 3.8) is 0 Å². The second kappa shape index (κ2) is 8.79. The van der Waals surface area contributed by atoms with Crippen molar-refractivity contribution in [3.05, 3.63) is 41.5 Å². The number of benzene rings is 1. The van der Waals surface area contributed by atoms with Crippen LogP contribution >= 0.6 is 0 Å². The van der Waals surface area contributed by atoms with E-state index in [0.717, 1.165) is 60.8 Å². The van der Waals surface area contributed by atoms with Gasteiger partial charge in [-0.25, -0.2) is 9.97 Å². The number of carbonyl (C=O) groups is 1. The maximum atomic E-state index is 14.2. The van der Waals surface area contributed by atoms with Crippen LogP contribution in [0.2, 0.25) is 0 Å². The molecule has 1 aromatic carbocycles. The zero-order valence-electron chi connectivity index (χ0n) is 21.3. The van der Waals surface area contributed by atoms with Crippen LogP contribution in [0.3, 0.4) is 0 Å². The molecule has 1 aliphatic carbocycles. The van der Waals surface area contributed by atoms with Gasteiger partial charge in [0.2, 0.25) is 11.9 Å². The van der Waals surface area contributed by atoms with E-state index < -0.39 is 0 Å². The van der Waals surface area contributed by atoms with Crippen molar-refractivity contribution in [1.82, 2.24) is 24.4 Å². The number of guanidine groups is 1. The van der Waals surface area contributed by atoms with Crippen LogP contribution in [0.25, 0.3) is 10.9 Å². The molecule has 10 nitrogen and oxygen atoms in total. The average molecular weight is 500 g/mol. The molecule has 5 heterocycles. The van der Waals surface area contributed by atoms with E-state index in [2.05, 4.69) is 14.4 Å². The fourth-order valence-electron chi connectivity index (χ4n) is 6.10. The number of carbonyl (C=O) groups excluding carboxylic acids is 1. The summed E-state index contributed by atoms with van der Waals surface area (Å²) in [6.07, 6.45) is 5.72. The molecule has 1 amide bonds. The van der Waals surface area contributed by atoms with Crippen molar-refractivity contribution in [2.45, 2.75) is 58.2 Å². The SMILES string of the molecule is Cc1nc(CN2C(=O)c3c(nc(N4CCCC(N)C4)n3CC3CCC3)N3CCN=C23)nc2ccccc12. The van der Waals surface area contributed by atoms with Crippen LogP contribution < -0.4 is 15.5 Å². The van der Waals surface area contributed by atoms with Crippen LogP contribution in [0.1, 0.15) is 54.1 Å². The minimum Gasteiger partial charge on any atom is -0.341 e. The molecule has 1 saturated carbocycles. The fourth-order valence-corrected chi connectivity index (χ4v) is 6.10. The Morgan fingerprint density at radius 1 is 1.05 bits per heavy atom. The third-order valence-electron chi connectivity index (χ3n) is 8.24. The lowest BCUT2D eigenvalue weighted by atomic mass is 9.85. The molecule has 0 spiro atoms. The van der Waals surface area contributed by atoms with Crippen LogP contribution in [0.4, 0.5) is 11.8 Å². The summed E-state index contributed by atoms with van der Waals surface area (Å²) in [6.45, 7) is 6.11. The van der Waals surface area contributed by atoms with E-state index in [4.69, 9.17) is 25.7 Å². The molecular weight excluding hydrogens is 466 g/mol. The third-order valence-corrected chi connectivity index (χ3v) is 8.24. The minimum absolute atomic E-state index is 0.0688. The van der Waals surface area contributed by atoms with Gasteiger partial charge >= 0.3 is 0 Å². The summed E-state index contributed by atoms with van der Waals surface area (Å²) in [5, 5.41) is 1.03. The maximum Gasteiger partial charge on any atom is 0.281 e. The molecule has 37 heavy (non-hydrogen) atoms. The van der Waals surface area contributed by atoms with Crippen molar-refractivity contribution >= 4 is 34.5 Å². The Balaban J connectivity index is 1.30. The van der Waals surface area contributed by atoms with E-state index in [1.54, 1.807) is 4.90 Å². The fraction of sp³-hybridized carbons (Fsp3) is 0.519. The van der Waals surface area contributed by atoms with Gasteiger partial charge in [-0.1, -0.05) is 24.6 Å². The van der Waals surface area contributed by atoms with Gasteiger partial charge in [-0.15, -0.1) is 0 Å². The highest BCUT2D eigenvalue weighted by molar-refractivity contribution is 6.18. The number of hydrogen-bond acceptors (Lipinski definition) is 8. The van der Waals surface area contributed by atoms with Gasteiger partial charge in [0.25, 0.3) is 5.91 Å². The van der Waals surface area contributed by atoms with Crippen LogP contribution in [-0.4, -0.2) is 68.5 Å². The third kappa shape index (κ3) is 3.77. The van der Waals surface area contributed by atoms with Gasteiger partial charge in [-0.2, -0.15) is 4.98 Å². The lowest BCUT2D eigenvalue weighted by Gasteiger charge is -2.35. The Hall–Kier alpha value is -3.53. The van der Waals surface area contributed by atoms with E-state index in [9.17, 15) is 4.79 Å². The first kappa shape index (κ1) is 22.7. The predicted molar refractivity (Wildman–Crippen MR) is 143 cm³/mol. The Morgan fingerprint density at radius 2 is 1.92 bits per heavy atom. The summed E-state index contributed by atoms with van der Waals surface area (Å²) in [5.74, 6) is 3.40. The van der Waals surface area contributed by atoms with Crippen LogP contribution in [0.5, 0.6) is 0 Å². The summed E-state index contributed by atoms with van der Waals surface area (Å²) in [5.41, 5.74) is 8.81. The molecule has 2 aromatic heterocycles. The first-order valence-corrected chi connectivity index (χ1v) is 13.5. The Labute approximate surface area is 216 Å². The topological polar surface area (TPSA) is 109 Å². The second-order valence-corrected chi connectivity index (χ2v) is 10.8. The van der Waals surface area contributed by atoms with Crippen LogP contribution in [0, 0.1) is 12.8 Å². The number of aryl methyl sites for hydroxylation is 1. The van der Waals surface area contributed by atoms with Crippen molar-refractivity contribution in [2.24, 2.45) is 16.6 Å². The maximum absolute atomic E-state index is 14.2. The minimum atomic E-state index is -0.0688. The zero-order valence-corrected chi connectivity index (χ0v) is 21.3. The molecule has 7 rings (SSSR count). The molecule has 0 bridgehead atoms. The van der Waals surface area contributed by atoms with E-state index in [1.165, 1.54) is 19.3 Å². The Kier molecular flexibility index (Phi) is 5.38. The highest BCUT2D eigenvalue weighted by Gasteiger charge is 2.43. The molecule has 2 N–H and O–H groups in total. The highest BCUT2D eigenvalue weighted by Crippen LogP contribution is 2.38. The number of nitrogens with two attached hydrogens (primary N) is 1. The van der Waals surface area contributed by atoms with Gasteiger partial charge in [0, 0.05) is 43.3 Å². The number of aliphatic imine (C=N–C) groups is 1.